The maximum Gasteiger partial charge on any atom is 0.169 e. The maximum absolute atomic E-state index is 5.53. The monoisotopic (exact) mass is 273 g/mol. The second-order valence-corrected chi connectivity index (χ2v) is 4.72. The molecule has 1 aliphatic rings. The van der Waals surface area contributed by atoms with E-state index in [2.05, 4.69) is 27.3 Å². The van der Waals surface area contributed by atoms with Crippen LogP contribution in [0.1, 0.15) is 18.1 Å². The van der Waals surface area contributed by atoms with Crippen LogP contribution in [-0.4, -0.2) is 26.8 Å². The first-order valence-electron chi connectivity index (χ1n) is 5.26. The Hall–Kier alpha value is -0.320. The van der Waals surface area contributed by atoms with Crippen LogP contribution in [0.3, 0.4) is 0 Å². The van der Waals surface area contributed by atoms with Crippen molar-refractivity contribution in [1.29, 1.82) is 0 Å². The molecule has 2 rings (SSSR count). The number of halogens is 1. The molecule has 1 aromatic rings. The number of furan rings is 1. The molecule has 0 aromatic carbocycles. The predicted octanol–water partition coefficient (Wildman–Crippen LogP) is 2.38. The van der Waals surface area contributed by atoms with Gasteiger partial charge in [0.2, 0.25) is 0 Å². The van der Waals surface area contributed by atoms with E-state index in [9.17, 15) is 0 Å². The Balaban J connectivity index is 1.68. The third-order valence-corrected chi connectivity index (χ3v) is 3.20. The van der Waals surface area contributed by atoms with Crippen LogP contribution in [-0.2, 0) is 4.74 Å². The van der Waals surface area contributed by atoms with Gasteiger partial charge in [-0.1, -0.05) is 0 Å². The summed E-state index contributed by atoms with van der Waals surface area (Å²) in [7, 11) is 1.72. The molecule has 2 unspecified atom stereocenters. The number of nitrogens with one attached hydrogen (secondary N) is 1. The van der Waals surface area contributed by atoms with E-state index in [-0.39, 0.29) is 0 Å². The van der Waals surface area contributed by atoms with Gasteiger partial charge in [-0.05, 0) is 46.9 Å². The minimum Gasteiger partial charge on any atom is -0.454 e. The summed E-state index contributed by atoms with van der Waals surface area (Å²) < 4.78 is 11.3. The third-order valence-electron chi connectivity index (χ3n) is 2.77. The highest BCUT2D eigenvalue weighted by Crippen LogP contribution is 2.47. The van der Waals surface area contributed by atoms with Gasteiger partial charge in [0.15, 0.2) is 4.67 Å². The van der Waals surface area contributed by atoms with Gasteiger partial charge in [0.1, 0.15) is 5.76 Å². The van der Waals surface area contributed by atoms with Gasteiger partial charge in [-0.3, -0.25) is 0 Å². The highest BCUT2D eigenvalue weighted by Gasteiger charge is 2.39. The van der Waals surface area contributed by atoms with Gasteiger partial charge in [-0.25, -0.2) is 0 Å². The van der Waals surface area contributed by atoms with Crippen LogP contribution in [0.4, 0.5) is 0 Å². The van der Waals surface area contributed by atoms with Gasteiger partial charge in [-0.15, -0.1) is 0 Å². The Bertz CT molecular complexity index is 313. The number of methoxy groups -OCH3 is 1. The average Bonchev–Trinajstić information content (AvgIpc) is 2.88. The molecule has 0 aliphatic heterocycles. The summed E-state index contributed by atoms with van der Waals surface area (Å²) in [4.78, 5) is 0. The van der Waals surface area contributed by atoms with Crippen molar-refractivity contribution in [3.63, 3.8) is 0 Å². The Morgan fingerprint density at radius 1 is 1.60 bits per heavy atom. The van der Waals surface area contributed by atoms with Crippen molar-refractivity contribution in [3.05, 3.63) is 22.6 Å². The minimum atomic E-state index is 0.617. The van der Waals surface area contributed by atoms with Crippen LogP contribution >= 0.6 is 15.9 Å². The molecule has 1 fully saturated rings. The second kappa shape index (κ2) is 5.14. The summed E-state index contributed by atoms with van der Waals surface area (Å²) in [5, 5.41) is 3.38. The SMILES string of the molecule is COCCNCC1CC1c1ccc(Br)o1. The lowest BCUT2D eigenvalue weighted by molar-refractivity contribution is 0.199. The molecular formula is C11H16BrNO2. The van der Waals surface area contributed by atoms with Crippen LogP contribution in [0.15, 0.2) is 21.2 Å². The normalized spacial score (nSPS) is 24.4. The van der Waals surface area contributed by atoms with Crippen LogP contribution in [0, 0.1) is 5.92 Å². The zero-order valence-corrected chi connectivity index (χ0v) is 10.4. The van der Waals surface area contributed by atoms with Crippen molar-refractivity contribution >= 4 is 15.9 Å². The summed E-state index contributed by atoms with van der Waals surface area (Å²) in [6.07, 6.45) is 1.24. The molecule has 4 heteroatoms. The van der Waals surface area contributed by atoms with Gasteiger partial charge in [0.05, 0.1) is 6.61 Å². The van der Waals surface area contributed by atoms with Crippen LogP contribution in [0.25, 0.3) is 0 Å². The summed E-state index contributed by atoms with van der Waals surface area (Å²) in [5.41, 5.74) is 0. The Morgan fingerprint density at radius 2 is 2.47 bits per heavy atom. The van der Waals surface area contributed by atoms with Gasteiger partial charge in [0.25, 0.3) is 0 Å². The number of rotatable bonds is 6. The highest BCUT2D eigenvalue weighted by atomic mass is 79.9. The van der Waals surface area contributed by atoms with Crippen molar-refractivity contribution in [1.82, 2.24) is 5.32 Å². The lowest BCUT2D eigenvalue weighted by Crippen LogP contribution is -2.21. The van der Waals surface area contributed by atoms with Gasteiger partial charge >= 0.3 is 0 Å². The minimum absolute atomic E-state index is 0.617. The molecule has 1 heterocycles. The topological polar surface area (TPSA) is 34.4 Å². The predicted molar refractivity (Wildman–Crippen MR) is 62.0 cm³/mol. The summed E-state index contributed by atoms with van der Waals surface area (Å²) in [5.74, 6) is 2.46. The molecule has 1 aliphatic carbocycles. The van der Waals surface area contributed by atoms with Gasteiger partial charge in [-0.2, -0.15) is 0 Å². The van der Waals surface area contributed by atoms with Gasteiger partial charge in [0, 0.05) is 19.6 Å². The number of ether oxygens (including phenoxy) is 1. The third kappa shape index (κ3) is 3.06. The van der Waals surface area contributed by atoms with Crippen molar-refractivity contribution < 1.29 is 9.15 Å². The molecule has 84 valence electrons. The fraction of sp³-hybridized carbons (Fsp3) is 0.636. The molecule has 1 aromatic heterocycles. The highest BCUT2D eigenvalue weighted by molar-refractivity contribution is 9.10. The van der Waals surface area contributed by atoms with E-state index >= 15 is 0 Å². The van der Waals surface area contributed by atoms with Crippen molar-refractivity contribution in [2.45, 2.75) is 12.3 Å². The fourth-order valence-corrected chi connectivity index (χ4v) is 2.13. The van der Waals surface area contributed by atoms with Crippen LogP contribution in [0.2, 0.25) is 0 Å². The molecule has 0 radical (unpaired) electrons. The molecule has 0 saturated heterocycles. The first-order valence-corrected chi connectivity index (χ1v) is 6.05. The molecular weight excluding hydrogens is 258 g/mol. The molecule has 1 saturated carbocycles. The molecule has 1 N–H and O–H groups in total. The molecule has 15 heavy (non-hydrogen) atoms. The molecule has 0 spiro atoms. The summed E-state index contributed by atoms with van der Waals surface area (Å²) in [6, 6.07) is 4.02. The maximum atomic E-state index is 5.53. The zero-order valence-electron chi connectivity index (χ0n) is 8.83. The molecule has 2 atom stereocenters. The summed E-state index contributed by atoms with van der Waals surface area (Å²) in [6.45, 7) is 2.78. The summed E-state index contributed by atoms with van der Waals surface area (Å²) >= 11 is 3.32. The van der Waals surface area contributed by atoms with Crippen LogP contribution < -0.4 is 5.32 Å². The lowest BCUT2D eigenvalue weighted by Gasteiger charge is -2.02. The van der Waals surface area contributed by atoms with Crippen molar-refractivity contribution in [2.75, 3.05) is 26.8 Å². The average molecular weight is 274 g/mol. The van der Waals surface area contributed by atoms with E-state index in [4.69, 9.17) is 9.15 Å². The van der Waals surface area contributed by atoms with E-state index in [0.717, 1.165) is 36.0 Å². The number of hydrogen-bond donors (Lipinski definition) is 1. The van der Waals surface area contributed by atoms with Crippen LogP contribution in [0.5, 0.6) is 0 Å². The first kappa shape index (κ1) is 11.2. The largest absolute Gasteiger partial charge is 0.454 e. The Kier molecular flexibility index (Phi) is 3.83. The van der Waals surface area contributed by atoms with E-state index < -0.39 is 0 Å². The number of hydrogen-bond acceptors (Lipinski definition) is 3. The lowest BCUT2D eigenvalue weighted by atomic mass is 10.2. The van der Waals surface area contributed by atoms with E-state index in [1.807, 2.05) is 6.07 Å². The fourth-order valence-electron chi connectivity index (χ4n) is 1.81. The quantitative estimate of drug-likeness (QED) is 0.809. The Labute approximate surface area is 98.3 Å². The smallest absolute Gasteiger partial charge is 0.169 e. The van der Waals surface area contributed by atoms with Crippen molar-refractivity contribution in [3.8, 4) is 0 Å². The van der Waals surface area contributed by atoms with E-state index in [0.29, 0.717) is 5.92 Å². The molecule has 0 amide bonds. The van der Waals surface area contributed by atoms with E-state index in [1.165, 1.54) is 6.42 Å². The standard InChI is InChI=1S/C11H16BrNO2/c1-14-5-4-13-7-8-6-9(8)10-2-3-11(12)15-10/h2-3,8-9,13H,4-7H2,1H3. The molecule has 0 bridgehead atoms. The first-order chi connectivity index (χ1) is 7.31. The zero-order chi connectivity index (χ0) is 10.7. The second-order valence-electron chi connectivity index (χ2n) is 3.94. The van der Waals surface area contributed by atoms with E-state index in [1.54, 1.807) is 7.11 Å². The Morgan fingerprint density at radius 3 is 3.13 bits per heavy atom. The molecule has 3 nitrogen and oxygen atoms in total. The van der Waals surface area contributed by atoms with Crippen molar-refractivity contribution in [2.24, 2.45) is 5.92 Å². The van der Waals surface area contributed by atoms with Gasteiger partial charge < -0.3 is 14.5 Å².